The molecule has 0 aliphatic rings. The van der Waals surface area contributed by atoms with E-state index in [-0.39, 0.29) is 11.7 Å². The maximum absolute atomic E-state index is 12.6. The van der Waals surface area contributed by atoms with Crippen LogP contribution in [0, 0.1) is 6.92 Å². The summed E-state index contributed by atoms with van der Waals surface area (Å²) in [5.74, 6) is -0.00470. The van der Waals surface area contributed by atoms with Gasteiger partial charge in [0, 0.05) is 11.3 Å². The average molecular weight is 303 g/mol. The molecule has 114 valence electrons. The molecular weight excluding hydrogens is 286 g/mol. The number of aromatic hydroxyl groups is 1. The third-order valence-electron chi connectivity index (χ3n) is 3.66. The fourth-order valence-electron chi connectivity index (χ4n) is 2.41. The van der Waals surface area contributed by atoms with Gasteiger partial charge in [-0.25, -0.2) is 0 Å². The zero-order valence-electron chi connectivity index (χ0n) is 12.8. The summed E-state index contributed by atoms with van der Waals surface area (Å²) in [6, 6.07) is 22.0. The molecule has 0 saturated carbocycles. The Labute approximate surface area is 135 Å². The highest BCUT2D eigenvalue weighted by Gasteiger charge is 2.12. The lowest BCUT2D eigenvalue weighted by molar-refractivity contribution is 0.102. The topological polar surface area (TPSA) is 49.3 Å². The first-order chi connectivity index (χ1) is 11.1. The Morgan fingerprint density at radius 3 is 2.22 bits per heavy atom. The molecule has 1 amide bonds. The van der Waals surface area contributed by atoms with Gasteiger partial charge < -0.3 is 10.4 Å². The molecule has 0 atom stereocenters. The van der Waals surface area contributed by atoms with Gasteiger partial charge in [0.2, 0.25) is 0 Å². The van der Waals surface area contributed by atoms with E-state index in [0.29, 0.717) is 11.3 Å². The zero-order chi connectivity index (χ0) is 16.2. The number of carbonyl (C=O) groups is 1. The molecule has 0 aliphatic carbocycles. The number of amides is 1. The van der Waals surface area contributed by atoms with Crippen molar-refractivity contribution in [2.75, 3.05) is 5.32 Å². The summed E-state index contributed by atoms with van der Waals surface area (Å²) < 4.78 is 0. The number of aryl methyl sites for hydroxylation is 1. The van der Waals surface area contributed by atoms with Gasteiger partial charge in [0.25, 0.3) is 5.91 Å². The average Bonchev–Trinajstić information content (AvgIpc) is 2.58. The Morgan fingerprint density at radius 1 is 0.870 bits per heavy atom. The molecule has 0 heterocycles. The maximum Gasteiger partial charge on any atom is 0.256 e. The van der Waals surface area contributed by atoms with Crippen LogP contribution in [0.2, 0.25) is 0 Å². The van der Waals surface area contributed by atoms with Crippen LogP contribution in [0.4, 0.5) is 5.69 Å². The smallest absolute Gasteiger partial charge is 0.256 e. The molecule has 0 aliphatic heterocycles. The van der Waals surface area contributed by atoms with Crippen molar-refractivity contribution in [3.05, 3.63) is 83.9 Å². The van der Waals surface area contributed by atoms with Gasteiger partial charge >= 0.3 is 0 Å². The van der Waals surface area contributed by atoms with Crippen LogP contribution in [0.5, 0.6) is 5.75 Å². The van der Waals surface area contributed by atoms with E-state index >= 15 is 0 Å². The van der Waals surface area contributed by atoms with Crippen LogP contribution in [-0.4, -0.2) is 11.0 Å². The Bertz CT molecular complexity index is 821. The van der Waals surface area contributed by atoms with Crippen molar-refractivity contribution in [1.29, 1.82) is 0 Å². The third kappa shape index (κ3) is 3.40. The number of hydrogen-bond donors (Lipinski definition) is 2. The van der Waals surface area contributed by atoms with Gasteiger partial charge in [0.1, 0.15) is 5.75 Å². The van der Waals surface area contributed by atoms with Crippen LogP contribution in [0.15, 0.2) is 72.8 Å². The highest BCUT2D eigenvalue weighted by molar-refractivity contribution is 6.08. The molecule has 2 N–H and O–H groups in total. The van der Waals surface area contributed by atoms with E-state index in [2.05, 4.69) is 5.32 Å². The van der Waals surface area contributed by atoms with E-state index in [1.54, 1.807) is 24.3 Å². The van der Waals surface area contributed by atoms with Crippen molar-refractivity contribution in [3.63, 3.8) is 0 Å². The monoisotopic (exact) mass is 303 g/mol. The summed E-state index contributed by atoms with van der Waals surface area (Å²) in [5, 5.41) is 12.2. The lowest BCUT2D eigenvalue weighted by atomic mass is 9.98. The third-order valence-corrected chi connectivity index (χ3v) is 3.66. The van der Waals surface area contributed by atoms with E-state index in [1.165, 1.54) is 5.56 Å². The van der Waals surface area contributed by atoms with Crippen LogP contribution >= 0.6 is 0 Å². The summed E-state index contributed by atoms with van der Waals surface area (Å²) in [6.07, 6.45) is 0. The van der Waals surface area contributed by atoms with Crippen LogP contribution in [0.25, 0.3) is 11.1 Å². The largest absolute Gasteiger partial charge is 0.508 e. The van der Waals surface area contributed by atoms with Gasteiger partial charge in [-0.2, -0.15) is 0 Å². The number of carbonyl (C=O) groups excluding carboxylic acids is 1. The number of rotatable bonds is 3. The second-order valence-electron chi connectivity index (χ2n) is 5.41. The maximum atomic E-state index is 12.6. The van der Waals surface area contributed by atoms with E-state index in [1.807, 2.05) is 55.5 Å². The van der Waals surface area contributed by atoms with Crippen LogP contribution in [-0.2, 0) is 0 Å². The molecule has 0 radical (unpaired) electrons. The summed E-state index contributed by atoms with van der Waals surface area (Å²) in [5.41, 5.74) is 4.34. The first kappa shape index (κ1) is 14.9. The molecule has 3 nitrogen and oxygen atoms in total. The lowest BCUT2D eigenvalue weighted by Gasteiger charge is -2.11. The van der Waals surface area contributed by atoms with E-state index in [0.717, 1.165) is 11.1 Å². The highest BCUT2D eigenvalue weighted by atomic mass is 16.3. The molecule has 3 rings (SSSR count). The Morgan fingerprint density at radius 2 is 1.52 bits per heavy atom. The van der Waals surface area contributed by atoms with Crippen molar-refractivity contribution >= 4 is 11.6 Å². The van der Waals surface area contributed by atoms with Gasteiger partial charge in [-0.1, -0.05) is 48.0 Å². The van der Waals surface area contributed by atoms with Gasteiger partial charge in [0.15, 0.2) is 0 Å². The van der Waals surface area contributed by atoms with Gasteiger partial charge in [-0.3, -0.25) is 4.79 Å². The second kappa shape index (κ2) is 6.36. The fourth-order valence-corrected chi connectivity index (χ4v) is 2.41. The quantitative estimate of drug-likeness (QED) is 0.694. The summed E-state index contributed by atoms with van der Waals surface area (Å²) in [6.45, 7) is 2.03. The minimum atomic E-state index is -0.174. The molecule has 23 heavy (non-hydrogen) atoms. The number of benzene rings is 3. The predicted molar refractivity (Wildman–Crippen MR) is 92.7 cm³/mol. The molecule has 0 aromatic heterocycles. The first-order valence-corrected chi connectivity index (χ1v) is 7.40. The number of phenols is 1. The molecule has 3 aromatic carbocycles. The van der Waals surface area contributed by atoms with Crippen LogP contribution in [0.3, 0.4) is 0 Å². The van der Waals surface area contributed by atoms with E-state index in [9.17, 15) is 9.90 Å². The minimum Gasteiger partial charge on any atom is -0.508 e. The molecule has 0 fully saturated rings. The van der Waals surface area contributed by atoms with E-state index in [4.69, 9.17) is 0 Å². The van der Waals surface area contributed by atoms with Crippen LogP contribution < -0.4 is 5.32 Å². The van der Waals surface area contributed by atoms with Crippen molar-refractivity contribution in [2.24, 2.45) is 0 Å². The Balaban J connectivity index is 1.92. The second-order valence-corrected chi connectivity index (χ2v) is 5.41. The number of nitrogens with one attached hydrogen (secondary N) is 1. The Kier molecular flexibility index (Phi) is 4.11. The molecule has 0 spiro atoms. The summed E-state index contributed by atoms with van der Waals surface area (Å²) in [7, 11) is 0. The molecule has 0 saturated heterocycles. The highest BCUT2D eigenvalue weighted by Crippen LogP contribution is 2.25. The molecule has 3 heteroatoms. The minimum absolute atomic E-state index is 0.169. The zero-order valence-corrected chi connectivity index (χ0v) is 12.8. The van der Waals surface area contributed by atoms with Gasteiger partial charge in [0.05, 0.1) is 0 Å². The molecular formula is C20H17NO2. The fraction of sp³-hybridized carbons (Fsp3) is 0.0500. The molecule has 0 bridgehead atoms. The first-order valence-electron chi connectivity index (χ1n) is 7.40. The Hall–Kier alpha value is -3.07. The van der Waals surface area contributed by atoms with Crippen molar-refractivity contribution in [3.8, 4) is 16.9 Å². The summed E-state index contributed by atoms with van der Waals surface area (Å²) in [4.78, 5) is 12.6. The van der Waals surface area contributed by atoms with Gasteiger partial charge in [-0.15, -0.1) is 0 Å². The van der Waals surface area contributed by atoms with Crippen molar-refractivity contribution in [2.45, 2.75) is 6.92 Å². The number of phenolic OH excluding ortho intramolecular Hbond substituents is 1. The molecule has 3 aromatic rings. The van der Waals surface area contributed by atoms with Crippen LogP contribution in [0.1, 0.15) is 15.9 Å². The van der Waals surface area contributed by atoms with Crippen molar-refractivity contribution < 1.29 is 9.90 Å². The van der Waals surface area contributed by atoms with Crippen molar-refractivity contribution in [1.82, 2.24) is 0 Å². The predicted octanol–water partition coefficient (Wildman–Crippen LogP) is 4.62. The lowest BCUT2D eigenvalue weighted by Crippen LogP contribution is -2.13. The van der Waals surface area contributed by atoms with Gasteiger partial charge in [-0.05, 0) is 48.4 Å². The standard InChI is InChI=1S/C20H17NO2/c1-14-6-8-15(9-7-14)18-4-2-3-5-19(18)20(23)21-16-10-12-17(22)13-11-16/h2-13,22H,1H3,(H,21,23). The normalized spacial score (nSPS) is 10.3. The number of anilines is 1. The SMILES string of the molecule is Cc1ccc(-c2ccccc2C(=O)Nc2ccc(O)cc2)cc1. The summed E-state index contributed by atoms with van der Waals surface area (Å²) >= 11 is 0. The number of hydrogen-bond acceptors (Lipinski definition) is 2. The molecule has 0 unspecified atom stereocenters. The van der Waals surface area contributed by atoms with E-state index < -0.39 is 0 Å².